The Morgan fingerprint density at radius 3 is 2.71 bits per heavy atom. The lowest BCUT2D eigenvalue weighted by molar-refractivity contribution is 0.404. The number of rotatable bonds is 8. The number of nitrogens with one attached hydrogen (secondary N) is 1. The third-order valence-corrected chi connectivity index (χ3v) is 3.86. The zero-order valence-electron chi connectivity index (χ0n) is 11.0. The van der Waals surface area contributed by atoms with Crippen LogP contribution in [0.15, 0.2) is 29.2 Å². The molecular formula is C14H23NOS. The maximum Gasteiger partial charge on any atom is 0.132 e. The van der Waals surface area contributed by atoms with E-state index in [1.807, 2.05) is 23.9 Å². The Bertz CT molecular complexity index is 311. The van der Waals surface area contributed by atoms with Crippen molar-refractivity contribution in [2.75, 3.05) is 19.4 Å². The Balaban J connectivity index is 2.52. The van der Waals surface area contributed by atoms with Crippen molar-refractivity contribution in [2.45, 2.75) is 37.6 Å². The van der Waals surface area contributed by atoms with E-state index in [2.05, 4.69) is 31.3 Å². The summed E-state index contributed by atoms with van der Waals surface area (Å²) in [7, 11) is 1.73. The van der Waals surface area contributed by atoms with Crippen molar-refractivity contribution in [3.05, 3.63) is 24.3 Å². The number of benzene rings is 1. The molecule has 0 saturated carbocycles. The molecule has 0 fully saturated rings. The fourth-order valence-electron chi connectivity index (χ4n) is 1.81. The normalized spacial score (nSPS) is 12.4. The zero-order chi connectivity index (χ0) is 12.5. The molecule has 96 valence electrons. The van der Waals surface area contributed by atoms with Crippen molar-refractivity contribution < 1.29 is 4.74 Å². The van der Waals surface area contributed by atoms with E-state index < -0.39 is 0 Å². The number of para-hydroxylation sites is 1. The standard InChI is InChI=1S/C14H23NOS/c1-4-8-12(15-5-2)11-17-14-10-7-6-9-13(14)16-3/h6-7,9-10,12,15H,4-5,8,11H2,1-3H3. The summed E-state index contributed by atoms with van der Waals surface area (Å²) in [6, 6.07) is 8.81. The van der Waals surface area contributed by atoms with Crippen LogP contribution in [0, 0.1) is 0 Å². The molecule has 0 radical (unpaired) electrons. The number of ether oxygens (including phenoxy) is 1. The van der Waals surface area contributed by atoms with E-state index in [1.165, 1.54) is 17.7 Å². The van der Waals surface area contributed by atoms with Gasteiger partial charge in [-0.3, -0.25) is 0 Å². The van der Waals surface area contributed by atoms with Crippen LogP contribution in [-0.4, -0.2) is 25.4 Å². The third kappa shape index (κ3) is 5.00. The van der Waals surface area contributed by atoms with E-state index in [9.17, 15) is 0 Å². The molecule has 1 N–H and O–H groups in total. The lowest BCUT2D eigenvalue weighted by atomic mass is 10.2. The summed E-state index contributed by atoms with van der Waals surface area (Å²) in [5, 5.41) is 3.53. The van der Waals surface area contributed by atoms with Gasteiger partial charge in [-0.1, -0.05) is 32.4 Å². The van der Waals surface area contributed by atoms with Crippen molar-refractivity contribution in [3.8, 4) is 5.75 Å². The molecule has 1 unspecified atom stereocenters. The Kier molecular flexibility index (Phi) is 7.13. The molecule has 1 rings (SSSR count). The molecular weight excluding hydrogens is 230 g/mol. The van der Waals surface area contributed by atoms with Crippen LogP contribution in [0.3, 0.4) is 0 Å². The smallest absolute Gasteiger partial charge is 0.132 e. The molecule has 3 heteroatoms. The minimum Gasteiger partial charge on any atom is -0.496 e. The summed E-state index contributed by atoms with van der Waals surface area (Å²) in [5.41, 5.74) is 0. The SMILES string of the molecule is CCCC(CSc1ccccc1OC)NCC. The highest BCUT2D eigenvalue weighted by atomic mass is 32.2. The minimum atomic E-state index is 0.597. The number of hydrogen-bond donors (Lipinski definition) is 1. The van der Waals surface area contributed by atoms with Gasteiger partial charge in [-0.15, -0.1) is 11.8 Å². The molecule has 0 heterocycles. The van der Waals surface area contributed by atoms with Gasteiger partial charge in [0.2, 0.25) is 0 Å². The van der Waals surface area contributed by atoms with E-state index in [0.29, 0.717) is 6.04 Å². The van der Waals surface area contributed by atoms with Gasteiger partial charge < -0.3 is 10.1 Å². The fraction of sp³-hybridized carbons (Fsp3) is 0.571. The summed E-state index contributed by atoms with van der Waals surface area (Å²) >= 11 is 1.87. The van der Waals surface area contributed by atoms with Crippen LogP contribution >= 0.6 is 11.8 Å². The highest BCUT2D eigenvalue weighted by Crippen LogP contribution is 2.29. The van der Waals surface area contributed by atoms with E-state index in [0.717, 1.165) is 18.0 Å². The van der Waals surface area contributed by atoms with Gasteiger partial charge in [0.25, 0.3) is 0 Å². The number of hydrogen-bond acceptors (Lipinski definition) is 3. The Morgan fingerprint density at radius 1 is 1.29 bits per heavy atom. The predicted octanol–water partition coefficient (Wildman–Crippen LogP) is 3.57. The topological polar surface area (TPSA) is 21.3 Å². The van der Waals surface area contributed by atoms with Crippen LogP contribution in [0.4, 0.5) is 0 Å². The summed E-state index contributed by atoms with van der Waals surface area (Å²) in [4.78, 5) is 1.23. The summed E-state index contributed by atoms with van der Waals surface area (Å²) in [5.74, 6) is 2.08. The molecule has 0 saturated heterocycles. The average molecular weight is 253 g/mol. The fourth-order valence-corrected chi connectivity index (χ4v) is 2.94. The van der Waals surface area contributed by atoms with Crippen LogP contribution in [0.25, 0.3) is 0 Å². The first-order valence-electron chi connectivity index (χ1n) is 6.31. The quantitative estimate of drug-likeness (QED) is 0.716. The van der Waals surface area contributed by atoms with Crippen molar-refractivity contribution in [1.29, 1.82) is 0 Å². The Morgan fingerprint density at radius 2 is 2.06 bits per heavy atom. The molecule has 0 amide bonds. The van der Waals surface area contributed by atoms with Crippen LogP contribution in [-0.2, 0) is 0 Å². The van der Waals surface area contributed by atoms with Crippen molar-refractivity contribution in [2.24, 2.45) is 0 Å². The van der Waals surface area contributed by atoms with Gasteiger partial charge in [-0.2, -0.15) is 0 Å². The molecule has 0 aromatic heterocycles. The Labute approximate surface area is 109 Å². The Hall–Kier alpha value is -0.670. The second kappa shape index (κ2) is 8.43. The van der Waals surface area contributed by atoms with Crippen LogP contribution in [0.1, 0.15) is 26.7 Å². The highest BCUT2D eigenvalue weighted by molar-refractivity contribution is 7.99. The second-order valence-corrected chi connectivity index (χ2v) is 5.07. The van der Waals surface area contributed by atoms with Gasteiger partial charge in [-0.25, -0.2) is 0 Å². The lowest BCUT2D eigenvalue weighted by Gasteiger charge is -2.17. The zero-order valence-corrected chi connectivity index (χ0v) is 11.8. The van der Waals surface area contributed by atoms with Crippen LogP contribution < -0.4 is 10.1 Å². The van der Waals surface area contributed by atoms with E-state index in [4.69, 9.17) is 4.74 Å². The molecule has 0 spiro atoms. The first-order chi connectivity index (χ1) is 8.31. The molecule has 1 aromatic rings. The first-order valence-corrected chi connectivity index (χ1v) is 7.29. The molecule has 0 bridgehead atoms. The second-order valence-electron chi connectivity index (χ2n) is 4.01. The van der Waals surface area contributed by atoms with Gasteiger partial charge >= 0.3 is 0 Å². The van der Waals surface area contributed by atoms with Crippen LogP contribution in [0.2, 0.25) is 0 Å². The van der Waals surface area contributed by atoms with Gasteiger partial charge in [0.15, 0.2) is 0 Å². The van der Waals surface area contributed by atoms with E-state index >= 15 is 0 Å². The highest BCUT2D eigenvalue weighted by Gasteiger charge is 2.08. The largest absolute Gasteiger partial charge is 0.496 e. The van der Waals surface area contributed by atoms with Gasteiger partial charge in [-0.05, 0) is 25.1 Å². The van der Waals surface area contributed by atoms with E-state index in [1.54, 1.807) is 7.11 Å². The maximum atomic E-state index is 5.36. The molecule has 0 aliphatic rings. The molecule has 0 aliphatic heterocycles. The van der Waals surface area contributed by atoms with Gasteiger partial charge in [0.05, 0.1) is 7.11 Å². The monoisotopic (exact) mass is 253 g/mol. The molecule has 1 atom stereocenters. The third-order valence-electron chi connectivity index (χ3n) is 2.64. The summed E-state index contributed by atoms with van der Waals surface area (Å²) < 4.78 is 5.36. The molecule has 17 heavy (non-hydrogen) atoms. The van der Waals surface area contributed by atoms with Gasteiger partial charge in [0, 0.05) is 16.7 Å². The van der Waals surface area contributed by atoms with Crippen molar-refractivity contribution in [3.63, 3.8) is 0 Å². The minimum absolute atomic E-state index is 0.597. The molecule has 0 aliphatic carbocycles. The van der Waals surface area contributed by atoms with Crippen molar-refractivity contribution >= 4 is 11.8 Å². The predicted molar refractivity (Wildman–Crippen MR) is 76.1 cm³/mol. The maximum absolute atomic E-state index is 5.36. The number of thioether (sulfide) groups is 1. The van der Waals surface area contributed by atoms with Crippen LogP contribution in [0.5, 0.6) is 5.75 Å². The molecule has 2 nitrogen and oxygen atoms in total. The van der Waals surface area contributed by atoms with Gasteiger partial charge in [0.1, 0.15) is 5.75 Å². The summed E-state index contributed by atoms with van der Waals surface area (Å²) in [6.45, 7) is 5.44. The average Bonchev–Trinajstić information content (AvgIpc) is 2.37. The van der Waals surface area contributed by atoms with Crippen molar-refractivity contribution in [1.82, 2.24) is 5.32 Å². The lowest BCUT2D eigenvalue weighted by Crippen LogP contribution is -2.30. The first kappa shape index (κ1) is 14.4. The number of methoxy groups -OCH3 is 1. The van der Waals surface area contributed by atoms with E-state index in [-0.39, 0.29) is 0 Å². The molecule has 1 aromatic carbocycles. The summed E-state index contributed by atoms with van der Waals surface area (Å²) in [6.07, 6.45) is 2.46.